The van der Waals surface area contributed by atoms with E-state index in [0.717, 1.165) is 13.2 Å². The molecule has 0 atom stereocenters. The van der Waals surface area contributed by atoms with Crippen molar-refractivity contribution in [2.45, 2.75) is 6.43 Å². The minimum Gasteiger partial charge on any atom is -0.465 e. The first-order chi connectivity index (χ1) is 6.97. The molecule has 0 saturated carbocycles. The highest BCUT2D eigenvalue weighted by Crippen LogP contribution is 2.23. The third kappa shape index (κ3) is 2.33. The van der Waals surface area contributed by atoms with Gasteiger partial charge in [-0.05, 0) is 6.07 Å². The molecule has 0 spiro atoms. The van der Waals surface area contributed by atoms with E-state index in [-0.39, 0.29) is 5.02 Å². The zero-order valence-electron chi connectivity index (χ0n) is 7.51. The number of rotatable bonds is 2. The van der Waals surface area contributed by atoms with Gasteiger partial charge in [-0.3, -0.25) is 4.79 Å². The number of hydrogen-bond donors (Lipinski definition) is 1. The largest absolute Gasteiger partial charge is 0.465 e. The molecule has 1 aromatic rings. The van der Waals surface area contributed by atoms with Crippen molar-refractivity contribution in [3.8, 4) is 0 Å². The topological polar surface area (TPSA) is 59.2 Å². The highest BCUT2D eigenvalue weighted by Gasteiger charge is 2.18. The van der Waals surface area contributed by atoms with E-state index in [4.69, 9.17) is 11.6 Å². The Bertz CT molecular complexity index is 444. The number of pyridine rings is 1. The molecule has 15 heavy (non-hydrogen) atoms. The number of aromatic nitrogens is 1. The minimum absolute atomic E-state index is 0.384. The third-order valence-corrected chi connectivity index (χ3v) is 1.96. The molecule has 0 aromatic carbocycles. The molecule has 0 unspecified atom stereocenters. The van der Waals surface area contributed by atoms with E-state index in [1.54, 1.807) is 0 Å². The van der Waals surface area contributed by atoms with E-state index in [2.05, 4.69) is 4.74 Å². The van der Waals surface area contributed by atoms with Crippen LogP contribution in [0, 0.1) is 0 Å². The van der Waals surface area contributed by atoms with Crippen molar-refractivity contribution in [3.05, 3.63) is 32.7 Å². The summed E-state index contributed by atoms with van der Waals surface area (Å²) in [4.78, 5) is 23.9. The van der Waals surface area contributed by atoms with E-state index in [1.807, 2.05) is 4.98 Å². The van der Waals surface area contributed by atoms with Crippen LogP contribution in [0.25, 0.3) is 0 Å². The van der Waals surface area contributed by atoms with Gasteiger partial charge in [0.25, 0.3) is 12.0 Å². The van der Waals surface area contributed by atoms with Crippen molar-refractivity contribution >= 4 is 17.6 Å². The number of H-pyrrole nitrogens is 1. The second-order valence-electron chi connectivity index (χ2n) is 2.57. The van der Waals surface area contributed by atoms with Gasteiger partial charge in [-0.1, -0.05) is 11.6 Å². The Morgan fingerprint density at radius 1 is 1.60 bits per heavy atom. The number of nitrogens with one attached hydrogen (secondary N) is 1. The van der Waals surface area contributed by atoms with Crippen LogP contribution in [0.15, 0.2) is 10.9 Å². The predicted molar refractivity (Wildman–Crippen MR) is 48.4 cm³/mol. The Balaban J connectivity index is 3.32. The maximum absolute atomic E-state index is 12.3. The molecule has 1 heterocycles. The van der Waals surface area contributed by atoms with Crippen LogP contribution in [-0.2, 0) is 4.74 Å². The number of hydrogen-bond acceptors (Lipinski definition) is 3. The summed E-state index contributed by atoms with van der Waals surface area (Å²) in [6.07, 6.45) is -2.91. The molecule has 1 rings (SSSR count). The van der Waals surface area contributed by atoms with Crippen molar-refractivity contribution in [1.29, 1.82) is 0 Å². The van der Waals surface area contributed by atoms with Crippen LogP contribution in [0.5, 0.6) is 0 Å². The third-order valence-electron chi connectivity index (χ3n) is 1.64. The van der Waals surface area contributed by atoms with Crippen molar-refractivity contribution in [2.24, 2.45) is 0 Å². The molecule has 0 fully saturated rings. The number of carbonyl (C=O) groups is 1. The summed E-state index contributed by atoms with van der Waals surface area (Å²) in [5.41, 5.74) is -2.08. The van der Waals surface area contributed by atoms with Crippen LogP contribution in [-0.4, -0.2) is 18.1 Å². The standard InChI is InChI=1S/C8H6ClF2NO3/c1-15-8(14)3-2-4(9)5(6(10)11)12-7(3)13/h2,6H,1H3,(H,12,13). The van der Waals surface area contributed by atoms with E-state index in [1.165, 1.54) is 0 Å². The fourth-order valence-corrected chi connectivity index (χ4v) is 1.18. The fraction of sp³-hybridized carbons (Fsp3) is 0.250. The van der Waals surface area contributed by atoms with Gasteiger partial charge in [0.15, 0.2) is 0 Å². The molecule has 0 saturated heterocycles. The summed E-state index contributed by atoms with van der Waals surface area (Å²) in [5, 5.41) is -0.384. The Morgan fingerprint density at radius 2 is 2.20 bits per heavy atom. The summed E-state index contributed by atoms with van der Waals surface area (Å²) < 4.78 is 28.8. The summed E-state index contributed by atoms with van der Waals surface area (Å²) in [5.74, 6) is -0.932. The Kier molecular flexibility index (Phi) is 3.41. The van der Waals surface area contributed by atoms with Crippen molar-refractivity contribution in [3.63, 3.8) is 0 Å². The fourth-order valence-electron chi connectivity index (χ4n) is 0.940. The number of methoxy groups -OCH3 is 1. The van der Waals surface area contributed by atoms with Crippen molar-refractivity contribution in [1.82, 2.24) is 4.98 Å². The molecular formula is C8H6ClF2NO3. The molecule has 1 aromatic heterocycles. The number of carbonyl (C=O) groups excluding carboxylic acids is 1. The van der Waals surface area contributed by atoms with Crippen LogP contribution in [0.4, 0.5) is 8.78 Å². The lowest BCUT2D eigenvalue weighted by molar-refractivity contribution is 0.0598. The maximum Gasteiger partial charge on any atom is 0.343 e. The second kappa shape index (κ2) is 4.39. The number of esters is 1. The molecule has 0 aliphatic carbocycles. The first kappa shape index (κ1) is 11.6. The summed E-state index contributed by atoms with van der Waals surface area (Å²) in [6, 6.07) is 0.855. The van der Waals surface area contributed by atoms with Gasteiger partial charge in [0.1, 0.15) is 11.3 Å². The molecular weight excluding hydrogens is 232 g/mol. The number of halogens is 3. The van der Waals surface area contributed by atoms with E-state index < -0.39 is 29.2 Å². The molecule has 0 bridgehead atoms. The second-order valence-corrected chi connectivity index (χ2v) is 2.97. The molecule has 1 N–H and O–H groups in total. The van der Waals surface area contributed by atoms with Gasteiger partial charge in [0.2, 0.25) is 0 Å². The zero-order chi connectivity index (χ0) is 11.6. The molecule has 7 heteroatoms. The zero-order valence-corrected chi connectivity index (χ0v) is 8.27. The van der Waals surface area contributed by atoms with E-state index in [0.29, 0.717) is 0 Å². The molecule has 0 aliphatic heterocycles. The number of alkyl halides is 2. The smallest absolute Gasteiger partial charge is 0.343 e. The number of ether oxygens (including phenoxy) is 1. The molecule has 0 aliphatic rings. The first-order valence-corrected chi connectivity index (χ1v) is 4.14. The molecule has 4 nitrogen and oxygen atoms in total. The monoisotopic (exact) mass is 237 g/mol. The Hall–Kier alpha value is -1.43. The van der Waals surface area contributed by atoms with Crippen LogP contribution in [0.1, 0.15) is 22.5 Å². The van der Waals surface area contributed by atoms with Gasteiger partial charge in [-0.25, -0.2) is 13.6 Å². The predicted octanol–water partition coefficient (Wildman–Crippen LogP) is 1.75. The normalized spacial score (nSPS) is 10.5. The SMILES string of the molecule is COC(=O)c1cc(Cl)c(C(F)F)[nH]c1=O. The van der Waals surface area contributed by atoms with Crippen molar-refractivity contribution < 1.29 is 18.3 Å². The van der Waals surface area contributed by atoms with Gasteiger partial charge >= 0.3 is 5.97 Å². The maximum atomic E-state index is 12.3. The van der Waals surface area contributed by atoms with Gasteiger partial charge in [-0.2, -0.15) is 0 Å². The summed E-state index contributed by atoms with van der Waals surface area (Å²) in [7, 11) is 1.07. The van der Waals surface area contributed by atoms with Crippen LogP contribution in [0.2, 0.25) is 5.02 Å². The molecule has 0 amide bonds. The Labute approximate surface area is 87.8 Å². The molecule has 0 radical (unpaired) electrons. The quantitative estimate of drug-likeness (QED) is 0.798. The highest BCUT2D eigenvalue weighted by atomic mass is 35.5. The lowest BCUT2D eigenvalue weighted by atomic mass is 10.2. The van der Waals surface area contributed by atoms with E-state index >= 15 is 0 Å². The lowest BCUT2D eigenvalue weighted by Crippen LogP contribution is -2.20. The first-order valence-electron chi connectivity index (χ1n) is 3.76. The highest BCUT2D eigenvalue weighted by molar-refractivity contribution is 6.31. The minimum atomic E-state index is -2.91. The van der Waals surface area contributed by atoms with Gasteiger partial charge < -0.3 is 9.72 Å². The van der Waals surface area contributed by atoms with E-state index in [9.17, 15) is 18.4 Å². The van der Waals surface area contributed by atoms with Crippen molar-refractivity contribution in [2.75, 3.05) is 7.11 Å². The van der Waals surface area contributed by atoms with Gasteiger partial charge in [0.05, 0.1) is 12.1 Å². The van der Waals surface area contributed by atoms with Crippen LogP contribution >= 0.6 is 11.6 Å². The van der Waals surface area contributed by atoms with Gasteiger partial charge in [0, 0.05) is 0 Å². The molecule has 82 valence electrons. The average molecular weight is 238 g/mol. The Morgan fingerprint density at radius 3 is 2.67 bits per heavy atom. The summed E-state index contributed by atoms with van der Waals surface area (Å²) >= 11 is 5.44. The number of aromatic amines is 1. The van der Waals surface area contributed by atoms with Crippen LogP contribution in [0.3, 0.4) is 0 Å². The average Bonchev–Trinajstić information content (AvgIpc) is 2.19. The summed E-state index contributed by atoms with van der Waals surface area (Å²) in [6.45, 7) is 0. The van der Waals surface area contributed by atoms with Crippen LogP contribution < -0.4 is 5.56 Å². The van der Waals surface area contributed by atoms with Gasteiger partial charge in [-0.15, -0.1) is 0 Å². The lowest BCUT2D eigenvalue weighted by Gasteiger charge is -2.04.